The molecule has 1 fully saturated rings. The molecule has 0 saturated heterocycles. The van der Waals surface area contributed by atoms with Crippen LogP contribution in [0, 0.1) is 16.7 Å². The van der Waals surface area contributed by atoms with Gasteiger partial charge in [0.05, 0.1) is 0 Å². The quantitative estimate of drug-likeness (QED) is 0.828. The van der Waals surface area contributed by atoms with Crippen LogP contribution >= 0.6 is 11.6 Å². The molecule has 0 heterocycles. The zero-order valence-corrected chi connectivity index (χ0v) is 13.8. The first-order chi connectivity index (χ1) is 9.35. The fourth-order valence-electron chi connectivity index (χ4n) is 3.58. The highest BCUT2D eigenvalue weighted by Gasteiger charge is 2.37. The molecule has 0 aliphatic heterocycles. The minimum atomic E-state index is 0.301. The van der Waals surface area contributed by atoms with Crippen molar-refractivity contribution < 1.29 is 0 Å². The van der Waals surface area contributed by atoms with Crippen LogP contribution in [-0.2, 0) is 6.42 Å². The average molecular weight is 294 g/mol. The smallest absolute Gasteiger partial charge is 0.0406 e. The lowest BCUT2D eigenvalue weighted by atomic mass is 9.62. The molecule has 2 rings (SSSR count). The van der Waals surface area contributed by atoms with Crippen LogP contribution in [0.3, 0.4) is 0 Å². The van der Waals surface area contributed by atoms with Crippen molar-refractivity contribution in [3.8, 4) is 0 Å². The van der Waals surface area contributed by atoms with Gasteiger partial charge in [-0.2, -0.15) is 0 Å². The highest BCUT2D eigenvalue weighted by Crippen LogP contribution is 2.46. The number of halogens is 1. The first-order valence-corrected chi connectivity index (χ1v) is 8.17. The topological polar surface area (TPSA) is 26.0 Å². The maximum Gasteiger partial charge on any atom is 0.0406 e. The van der Waals surface area contributed by atoms with Crippen molar-refractivity contribution in [3.63, 3.8) is 0 Å². The van der Waals surface area contributed by atoms with Gasteiger partial charge in [-0.25, -0.2) is 0 Å². The molecule has 1 aromatic carbocycles. The van der Waals surface area contributed by atoms with E-state index in [1.165, 1.54) is 31.2 Å². The summed E-state index contributed by atoms with van der Waals surface area (Å²) in [6, 6.07) is 8.27. The minimum absolute atomic E-state index is 0.301. The van der Waals surface area contributed by atoms with Crippen LogP contribution in [0.2, 0.25) is 5.02 Å². The molecule has 112 valence electrons. The zero-order chi connectivity index (χ0) is 14.8. The highest BCUT2D eigenvalue weighted by molar-refractivity contribution is 6.30. The molecule has 1 aliphatic rings. The van der Waals surface area contributed by atoms with E-state index in [1.807, 2.05) is 12.1 Å². The molecule has 0 bridgehead atoms. The van der Waals surface area contributed by atoms with Gasteiger partial charge in [0.25, 0.3) is 0 Å². The molecule has 0 amide bonds. The van der Waals surface area contributed by atoms with Gasteiger partial charge < -0.3 is 5.73 Å². The Morgan fingerprint density at radius 1 is 1.15 bits per heavy atom. The number of benzene rings is 1. The first-order valence-electron chi connectivity index (χ1n) is 7.79. The summed E-state index contributed by atoms with van der Waals surface area (Å²) in [7, 11) is 0. The Labute approximate surface area is 128 Å². The molecule has 20 heavy (non-hydrogen) atoms. The van der Waals surface area contributed by atoms with Crippen molar-refractivity contribution in [2.24, 2.45) is 22.5 Å². The third-order valence-electron chi connectivity index (χ3n) is 5.20. The zero-order valence-electron chi connectivity index (χ0n) is 13.1. The van der Waals surface area contributed by atoms with Gasteiger partial charge in [0.15, 0.2) is 0 Å². The molecule has 1 nitrogen and oxygen atoms in total. The SMILES string of the molecule is CC(C)(C)C1CCC(CN)(Cc2ccc(Cl)cc2)CC1. The number of hydrogen-bond donors (Lipinski definition) is 1. The molecule has 1 aliphatic carbocycles. The van der Waals surface area contributed by atoms with Crippen molar-refractivity contribution >= 4 is 11.6 Å². The summed E-state index contributed by atoms with van der Waals surface area (Å²) in [5.41, 5.74) is 8.25. The van der Waals surface area contributed by atoms with Gasteiger partial charge in [-0.3, -0.25) is 0 Å². The van der Waals surface area contributed by atoms with Crippen molar-refractivity contribution in [1.29, 1.82) is 0 Å². The molecule has 2 heteroatoms. The maximum absolute atomic E-state index is 6.14. The summed E-state index contributed by atoms with van der Waals surface area (Å²) in [5, 5.41) is 0.812. The van der Waals surface area contributed by atoms with Crippen LogP contribution in [0.25, 0.3) is 0 Å². The van der Waals surface area contributed by atoms with E-state index >= 15 is 0 Å². The number of hydrogen-bond acceptors (Lipinski definition) is 1. The van der Waals surface area contributed by atoms with Crippen molar-refractivity contribution in [2.45, 2.75) is 52.9 Å². The second kappa shape index (κ2) is 6.07. The highest BCUT2D eigenvalue weighted by atomic mass is 35.5. The van der Waals surface area contributed by atoms with Crippen LogP contribution in [-0.4, -0.2) is 6.54 Å². The average Bonchev–Trinajstić information content (AvgIpc) is 2.41. The Morgan fingerprint density at radius 2 is 1.70 bits per heavy atom. The summed E-state index contributed by atoms with van der Waals surface area (Å²) in [5.74, 6) is 0.840. The summed E-state index contributed by atoms with van der Waals surface area (Å²) >= 11 is 5.97. The lowest BCUT2D eigenvalue weighted by molar-refractivity contribution is 0.0926. The van der Waals surface area contributed by atoms with Gasteiger partial charge in [-0.1, -0.05) is 44.5 Å². The molecule has 0 atom stereocenters. The third-order valence-corrected chi connectivity index (χ3v) is 5.45. The van der Waals surface area contributed by atoms with Crippen LogP contribution in [0.4, 0.5) is 0 Å². The molecule has 2 N–H and O–H groups in total. The van der Waals surface area contributed by atoms with Gasteiger partial charge >= 0.3 is 0 Å². The summed E-state index contributed by atoms with van der Waals surface area (Å²) < 4.78 is 0. The fourth-order valence-corrected chi connectivity index (χ4v) is 3.71. The van der Waals surface area contributed by atoms with E-state index < -0.39 is 0 Å². The van der Waals surface area contributed by atoms with Gasteiger partial charge in [-0.15, -0.1) is 0 Å². The van der Waals surface area contributed by atoms with E-state index in [0.29, 0.717) is 10.8 Å². The second-order valence-corrected chi connectivity index (χ2v) is 8.08. The normalized spacial score (nSPS) is 27.6. The van der Waals surface area contributed by atoms with E-state index in [0.717, 1.165) is 23.9 Å². The monoisotopic (exact) mass is 293 g/mol. The van der Waals surface area contributed by atoms with Crippen LogP contribution < -0.4 is 5.73 Å². The summed E-state index contributed by atoms with van der Waals surface area (Å²) in [4.78, 5) is 0. The second-order valence-electron chi connectivity index (χ2n) is 7.65. The first kappa shape index (κ1) is 15.9. The molecule has 0 spiro atoms. The molecule has 0 aromatic heterocycles. The number of nitrogens with two attached hydrogens (primary N) is 1. The summed E-state index contributed by atoms with van der Waals surface area (Å²) in [6.07, 6.45) is 6.24. The Hall–Kier alpha value is -0.530. The van der Waals surface area contributed by atoms with Crippen LogP contribution in [0.5, 0.6) is 0 Å². The molecular weight excluding hydrogens is 266 g/mol. The third kappa shape index (κ3) is 3.77. The molecule has 0 unspecified atom stereocenters. The predicted octanol–water partition coefficient (Wildman–Crippen LogP) is 5.06. The van der Waals surface area contributed by atoms with Gasteiger partial charge in [0, 0.05) is 5.02 Å². The van der Waals surface area contributed by atoms with E-state index in [4.69, 9.17) is 17.3 Å². The summed E-state index contributed by atoms with van der Waals surface area (Å²) in [6.45, 7) is 7.90. The molecule has 1 saturated carbocycles. The standard InChI is InChI=1S/C18H28ClN/c1-17(2,3)15-8-10-18(13-20,11-9-15)12-14-4-6-16(19)7-5-14/h4-7,15H,8-13,20H2,1-3H3. The minimum Gasteiger partial charge on any atom is -0.330 e. The van der Waals surface area contributed by atoms with E-state index in [9.17, 15) is 0 Å². The van der Waals surface area contributed by atoms with Crippen molar-refractivity contribution in [1.82, 2.24) is 0 Å². The van der Waals surface area contributed by atoms with Crippen LogP contribution in [0.1, 0.15) is 52.0 Å². The Bertz CT molecular complexity index is 422. The predicted molar refractivity (Wildman–Crippen MR) is 88.1 cm³/mol. The van der Waals surface area contributed by atoms with Crippen molar-refractivity contribution in [2.75, 3.05) is 6.54 Å². The van der Waals surface area contributed by atoms with E-state index in [-0.39, 0.29) is 0 Å². The van der Waals surface area contributed by atoms with E-state index in [2.05, 4.69) is 32.9 Å². The molecule has 1 aromatic rings. The van der Waals surface area contributed by atoms with Crippen LogP contribution in [0.15, 0.2) is 24.3 Å². The van der Waals surface area contributed by atoms with Gasteiger partial charge in [0.1, 0.15) is 0 Å². The lowest BCUT2D eigenvalue weighted by Gasteiger charge is -2.44. The van der Waals surface area contributed by atoms with Gasteiger partial charge in [0.2, 0.25) is 0 Å². The van der Waals surface area contributed by atoms with Crippen molar-refractivity contribution in [3.05, 3.63) is 34.9 Å². The molecule has 0 radical (unpaired) electrons. The largest absolute Gasteiger partial charge is 0.330 e. The maximum atomic E-state index is 6.14. The molecular formula is C18H28ClN. The van der Waals surface area contributed by atoms with Gasteiger partial charge in [-0.05, 0) is 73.1 Å². The van der Waals surface area contributed by atoms with E-state index in [1.54, 1.807) is 0 Å². The lowest BCUT2D eigenvalue weighted by Crippen LogP contribution is -2.39. The Balaban J connectivity index is 2.03. The fraction of sp³-hybridized carbons (Fsp3) is 0.667. The number of rotatable bonds is 3. The Morgan fingerprint density at radius 3 is 2.15 bits per heavy atom. The Kier molecular flexibility index (Phi) is 4.81.